The highest BCUT2D eigenvalue weighted by molar-refractivity contribution is 5.78. The monoisotopic (exact) mass is 402 g/mol. The normalized spacial score (nSPS) is 22.6. The number of hydrogen-bond acceptors (Lipinski definition) is 5. The number of benzene rings is 1. The number of nitriles is 1. The van der Waals surface area contributed by atoms with E-state index >= 15 is 0 Å². The standard InChI is InChI=1S/C25H26N2O3/c1-25(2)19(15-17-9-6-7-10-17)23(25)24(28)30-21(16-26)20-13-8-14-22(27-20)29-18-11-4-3-5-12-18/h3-5,8,11-15,19,21,23H,6-7,9-10H2,1-2H3/t19-,21-,23-/m0/s1. The molecule has 0 N–H and O–H groups in total. The Labute approximate surface area is 177 Å². The molecule has 1 aromatic carbocycles. The molecule has 30 heavy (non-hydrogen) atoms. The molecule has 5 heteroatoms. The molecule has 2 fully saturated rings. The maximum absolute atomic E-state index is 12.9. The van der Waals surface area contributed by atoms with Crippen molar-refractivity contribution in [1.82, 2.24) is 4.98 Å². The predicted molar refractivity (Wildman–Crippen MR) is 113 cm³/mol. The van der Waals surface area contributed by atoms with Gasteiger partial charge in [0.2, 0.25) is 12.0 Å². The minimum absolute atomic E-state index is 0.140. The summed E-state index contributed by atoms with van der Waals surface area (Å²) in [5.41, 5.74) is 1.68. The third-order valence-electron chi connectivity index (χ3n) is 6.16. The molecule has 1 heterocycles. The molecule has 5 nitrogen and oxygen atoms in total. The van der Waals surface area contributed by atoms with Gasteiger partial charge in [-0.25, -0.2) is 4.98 Å². The summed E-state index contributed by atoms with van der Waals surface area (Å²) in [4.78, 5) is 17.2. The number of allylic oxidation sites excluding steroid dienone is 2. The SMILES string of the molecule is CC1(C)[C@H](C(=O)O[C@@H](C#N)c2cccc(Oc3ccccc3)n2)[C@@H]1C=C1CCCC1. The fourth-order valence-corrected chi connectivity index (χ4v) is 4.27. The van der Waals surface area contributed by atoms with E-state index in [1.165, 1.54) is 18.4 Å². The Balaban J connectivity index is 1.45. The van der Waals surface area contributed by atoms with Crippen LogP contribution < -0.4 is 4.74 Å². The zero-order valence-electron chi connectivity index (χ0n) is 17.4. The zero-order valence-corrected chi connectivity index (χ0v) is 17.4. The summed E-state index contributed by atoms with van der Waals surface area (Å²) < 4.78 is 11.3. The molecule has 0 amide bonds. The van der Waals surface area contributed by atoms with Gasteiger partial charge in [-0.05, 0) is 55.2 Å². The summed E-state index contributed by atoms with van der Waals surface area (Å²) in [6.07, 6.45) is 5.94. The van der Waals surface area contributed by atoms with Crippen molar-refractivity contribution < 1.29 is 14.3 Å². The lowest BCUT2D eigenvalue weighted by Crippen LogP contribution is -2.15. The first-order valence-electron chi connectivity index (χ1n) is 10.5. The molecule has 2 aliphatic carbocycles. The summed E-state index contributed by atoms with van der Waals surface area (Å²) in [5, 5.41) is 9.62. The topological polar surface area (TPSA) is 72.2 Å². The van der Waals surface area contributed by atoms with Crippen molar-refractivity contribution in [3.05, 3.63) is 65.9 Å². The fourth-order valence-electron chi connectivity index (χ4n) is 4.27. The average molecular weight is 402 g/mol. The molecule has 154 valence electrons. The molecule has 2 saturated carbocycles. The van der Waals surface area contributed by atoms with Crippen LogP contribution in [0.25, 0.3) is 0 Å². The van der Waals surface area contributed by atoms with E-state index in [9.17, 15) is 10.1 Å². The first kappa shape index (κ1) is 20.2. The molecule has 2 aliphatic rings. The van der Waals surface area contributed by atoms with Crippen molar-refractivity contribution in [3.8, 4) is 17.7 Å². The second-order valence-electron chi connectivity index (χ2n) is 8.62. The summed E-state index contributed by atoms with van der Waals surface area (Å²) in [6, 6.07) is 16.5. The summed E-state index contributed by atoms with van der Waals surface area (Å²) in [5.74, 6) is 0.631. The van der Waals surface area contributed by atoms with Gasteiger partial charge in [0, 0.05) is 6.07 Å². The second kappa shape index (κ2) is 8.31. The van der Waals surface area contributed by atoms with E-state index in [0.717, 1.165) is 12.8 Å². The highest BCUT2D eigenvalue weighted by Crippen LogP contribution is 2.60. The van der Waals surface area contributed by atoms with Crippen LogP contribution in [0.2, 0.25) is 0 Å². The van der Waals surface area contributed by atoms with Crippen molar-refractivity contribution >= 4 is 5.97 Å². The molecular weight excluding hydrogens is 376 g/mol. The van der Waals surface area contributed by atoms with Crippen LogP contribution >= 0.6 is 0 Å². The summed E-state index contributed by atoms with van der Waals surface area (Å²) >= 11 is 0. The molecule has 1 aromatic heterocycles. The Morgan fingerprint density at radius 1 is 1.17 bits per heavy atom. The van der Waals surface area contributed by atoms with E-state index in [0.29, 0.717) is 17.3 Å². The van der Waals surface area contributed by atoms with Crippen molar-refractivity contribution in [3.63, 3.8) is 0 Å². The van der Waals surface area contributed by atoms with Crippen molar-refractivity contribution in [2.24, 2.45) is 17.3 Å². The Morgan fingerprint density at radius 2 is 1.90 bits per heavy atom. The largest absolute Gasteiger partial charge is 0.440 e. The quantitative estimate of drug-likeness (QED) is 0.454. The smallest absolute Gasteiger partial charge is 0.311 e. The number of nitrogens with zero attached hydrogens (tertiary/aromatic N) is 2. The van der Waals surface area contributed by atoms with E-state index in [1.807, 2.05) is 30.3 Å². The van der Waals surface area contributed by atoms with Gasteiger partial charge in [0.15, 0.2) is 0 Å². The number of aromatic nitrogens is 1. The molecule has 0 saturated heterocycles. The number of ether oxygens (including phenoxy) is 2. The highest BCUT2D eigenvalue weighted by Gasteiger charge is 2.61. The molecule has 0 unspecified atom stereocenters. The van der Waals surface area contributed by atoms with Crippen LogP contribution in [-0.4, -0.2) is 11.0 Å². The molecular formula is C25H26N2O3. The van der Waals surface area contributed by atoms with Crippen molar-refractivity contribution in [2.45, 2.75) is 45.6 Å². The van der Waals surface area contributed by atoms with E-state index in [1.54, 1.807) is 18.2 Å². The molecule has 3 atom stereocenters. The minimum atomic E-state index is -1.06. The number of para-hydroxylation sites is 1. The predicted octanol–water partition coefficient (Wildman–Crippen LogP) is 5.75. The van der Waals surface area contributed by atoms with Gasteiger partial charge in [-0.15, -0.1) is 0 Å². The van der Waals surface area contributed by atoms with Gasteiger partial charge in [-0.3, -0.25) is 4.79 Å². The van der Waals surface area contributed by atoms with E-state index in [4.69, 9.17) is 9.47 Å². The van der Waals surface area contributed by atoms with Crippen LogP contribution in [0.1, 0.15) is 51.3 Å². The van der Waals surface area contributed by atoms with Gasteiger partial charge in [-0.1, -0.05) is 49.8 Å². The van der Waals surface area contributed by atoms with Crippen LogP contribution in [0, 0.1) is 28.6 Å². The number of esters is 1. The zero-order chi connectivity index (χ0) is 21.1. The van der Waals surface area contributed by atoms with Gasteiger partial charge in [0.05, 0.1) is 11.6 Å². The lowest BCUT2D eigenvalue weighted by molar-refractivity contribution is -0.149. The first-order chi connectivity index (χ1) is 14.5. The average Bonchev–Trinajstić information content (AvgIpc) is 3.07. The van der Waals surface area contributed by atoms with Crippen molar-refractivity contribution in [2.75, 3.05) is 0 Å². The number of rotatable bonds is 6. The Morgan fingerprint density at radius 3 is 2.60 bits per heavy atom. The maximum Gasteiger partial charge on any atom is 0.311 e. The van der Waals surface area contributed by atoms with Crippen LogP contribution in [0.15, 0.2) is 60.2 Å². The van der Waals surface area contributed by atoms with E-state index in [2.05, 4.69) is 31.0 Å². The third-order valence-corrected chi connectivity index (χ3v) is 6.16. The molecule has 0 spiro atoms. The van der Waals surface area contributed by atoms with Gasteiger partial charge >= 0.3 is 5.97 Å². The van der Waals surface area contributed by atoms with Gasteiger partial charge in [-0.2, -0.15) is 5.26 Å². The van der Waals surface area contributed by atoms with Crippen LogP contribution in [-0.2, 0) is 9.53 Å². The van der Waals surface area contributed by atoms with Crippen LogP contribution in [0.5, 0.6) is 11.6 Å². The van der Waals surface area contributed by atoms with Crippen molar-refractivity contribution in [1.29, 1.82) is 5.26 Å². The molecule has 0 aliphatic heterocycles. The fraction of sp³-hybridized carbons (Fsp3) is 0.400. The summed E-state index contributed by atoms with van der Waals surface area (Å²) in [6.45, 7) is 4.17. The second-order valence-corrected chi connectivity index (χ2v) is 8.62. The molecule has 2 aromatic rings. The van der Waals surface area contributed by atoms with Gasteiger partial charge < -0.3 is 9.47 Å². The van der Waals surface area contributed by atoms with E-state index < -0.39 is 6.10 Å². The lowest BCUT2D eigenvalue weighted by atomic mass is 10.1. The number of pyridine rings is 1. The van der Waals surface area contributed by atoms with Crippen LogP contribution in [0.3, 0.4) is 0 Å². The lowest BCUT2D eigenvalue weighted by Gasteiger charge is -2.12. The minimum Gasteiger partial charge on any atom is -0.440 e. The highest BCUT2D eigenvalue weighted by atomic mass is 16.5. The van der Waals surface area contributed by atoms with Gasteiger partial charge in [0.25, 0.3) is 0 Å². The van der Waals surface area contributed by atoms with E-state index in [-0.39, 0.29) is 23.2 Å². The van der Waals surface area contributed by atoms with Gasteiger partial charge in [0.1, 0.15) is 11.8 Å². The molecule has 0 radical (unpaired) electrons. The first-order valence-corrected chi connectivity index (χ1v) is 10.5. The number of hydrogen-bond donors (Lipinski definition) is 0. The van der Waals surface area contributed by atoms with Crippen LogP contribution in [0.4, 0.5) is 0 Å². The Bertz CT molecular complexity index is 983. The summed E-state index contributed by atoms with van der Waals surface area (Å²) in [7, 11) is 0. The molecule has 4 rings (SSSR count). The third kappa shape index (κ3) is 4.23. The molecule has 0 bridgehead atoms. The Kier molecular flexibility index (Phi) is 5.59. The maximum atomic E-state index is 12.9. The number of carbonyl (C=O) groups excluding carboxylic acids is 1. The Hall–Kier alpha value is -3.13. The number of carbonyl (C=O) groups is 1.